The number of nitrogens with one attached hydrogen (secondary N) is 1. The molecule has 1 fully saturated rings. The summed E-state index contributed by atoms with van der Waals surface area (Å²) in [5.41, 5.74) is 8.02. The molecule has 0 aromatic heterocycles. The van der Waals surface area contributed by atoms with E-state index in [2.05, 4.69) is 31.3 Å². The van der Waals surface area contributed by atoms with Crippen LogP contribution in [0, 0.1) is 23.2 Å². The Hall–Kier alpha value is -1.86. The molecule has 0 bridgehead atoms. The van der Waals surface area contributed by atoms with Gasteiger partial charge in [-0.15, -0.1) is 0 Å². The summed E-state index contributed by atoms with van der Waals surface area (Å²) in [6, 6.07) is 4.58. The van der Waals surface area contributed by atoms with Gasteiger partial charge >= 0.3 is 0 Å². The maximum atomic E-state index is 12.5. The third kappa shape index (κ3) is 4.36. The number of nitrogens with zero attached hydrogens (tertiary/aromatic N) is 2. The first-order valence-corrected chi connectivity index (χ1v) is 11.6. The van der Waals surface area contributed by atoms with Gasteiger partial charge in [-0.2, -0.15) is 5.26 Å². The zero-order chi connectivity index (χ0) is 20.4. The molecule has 4 rings (SSSR count). The average molecular weight is 394 g/mol. The van der Waals surface area contributed by atoms with Crippen LogP contribution in [0.3, 0.4) is 0 Å². The van der Waals surface area contributed by atoms with E-state index >= 15 is 0 Å². The lowest BCUT2D eigenvalue weighted by atomic mass is 9.74. The molecule has 1 saturated heterocycles. The normalized spacial score (nSPS) is 26.0. The van der Waals surface area contributed by atoms with E-state index in [1.165, 1.54) is 38.5 Å². The molecule has 0 radical (unpaired) electrons. The Morgan fingerprint density at radius 2 is 1.79 bits per heavy atom. The third-order valence-electron chi connectivity index (χ3n) is 7.31. The second-order valence-corrected chi connectivity index (χ2v) is 9.63. The SMILES string of the molecule is CC1CCc2c(cc3c(c2CCNCC(=O)N2CCCC2C#N)CCC(C)C3)C1. The molecule has 4 nitrogen and oxygen atoms in total. The van der Waals surface area contributed by atoms with Crippen molar-refractivity contribution in [2.75, 3.05) is 19.6 Å². The lowest BCUT2D eigenvalue weighted by molar-refractivity contribution is -0.130. The van der Waals surface area contributed by atoms with Crippen LogP contribution in [0.2, 0.25) is 0 Å². The van der Waals surface area contributed by atoms with Crippen LogP contribution >= 0.6 is 0 Å². The van der Waals surface area contributed by atoms with Gasteiger partial charge in [-0.3, -0.25) is 4.79 Å². The highest BCUT2D eigenvalue weighted by atomic mass is 16.2. The van der Waals surface area contributed by atoms with Crippen LogP contribution in [0.25, 0.3) is 0 Å². The molecule has 3 unspecified atom stereocenters. The Morgan fingerprint density at radius 3 is 2.41 bits per heavy atom. The van der Waals surface area contributed by atoms with Crippen LogP contribution in [0.4, 0.5) is 0 Å². The lowest BCUT2D eigenvalue weighted by Gasteiger charge is -2.31. The fraction of sp³-hybridized carbons (Fsp3) is 0.680. The molecule has 3 atom stereocenters. The number of hydrogen-bond donors (Lipinski definition) is 1. The minimum atomic E-state index is -0.221. The molecule has 1 N–H and O–H groups in total. The van der Waals surface area contributed by atoms with E-state index < -0.39 is 0 Å². The van der Waals surface area contributed by atoms with Gasteiger partial charge < -0.3 is 10.2 Å². The van der Waals surface area contributed by atoms with Gasteiger partial charge in [0.1, 0.15) is 6.04 Å². The van der Waals surface area contributed by atoms with E-state index in [0.717, 1.165) is 44.2 Å². The number of carbonyl (C=O) groups excluding carboxylic acids is 1. The Bertz CT molecular complexity index is 771. The zero-order valence-electron chi connectivity index (χ0n) is 18.1. The van der Waals surface area contributed by atoms with Gasteiger partial charge in [-0.05, 0) is 104 Å². The van der Waals surface area contributed by atoms with Gasteiger partial charge in [0, 0.05) is 6.54 Å². The standard InChI is InChI=1S/C25H35N3O/c1-17-5-7-22-19(12-17)14-20-13-18(2)6-8-23(20)24(22)9-10-27-16-25(29)28-11-3-4-21(28)15-26/h14,17-18,21,27H,3-13,16H2,1-2H3. The highest BCUT2D eigenvalue weighted by Crippen LogP contribution is 2.36. The monoisotopic (exact) mass is 393 g/mol. The minimum absolute atomic E-state index is 0.0776. The van der Waals surface area contributed by atoms with Gasteiger partial charge in [0.25, 0.3) is 0 Å². The smallest absolute Gasteiger partial charge is 0.237 e. The number of nitriles is 1. The van der Waals surface area contributed by atoms with E-state index in [1.807, 2.05) is 0 Å². The Morgan fingerprint density at radius 1 is 1.14 bits per heavy atom. The number of rotatable bonds is 5. The largest absolute Gasteiger partial charge is 0.326 e. The molecule has 1 heterocycles. The first-order chi connectivity index (χ1) is 14.1. The van der Waals surface area contributed by atoms with Gasteiger partial charge in [0.05, 0.1) is 12.6 Å². The first-order valence-electron chi connectivity index (χ1n) is 11.6. The van der Waals surface area contributed by atoms with Crippen LogP contribution in [0.15, 0.2) is 6.07 Å². The van der Waals surface area contributed by atoms with Crippen LogP contribution in [-0.4, -0.2) is 36.5 Å². The van der Waals surface area contributed by atoms with E-state index in [-0.39, 0.29) is 11.9 Å². The molecule has 1 aromatic carbocycles. The molecule has 1 aromatic rings. The van der Waals surface area contributed by atoms with Crippen molar-refractivity contribution in [2.24, 2.45) is 11.8 Å². The summed E-state index contributed by atoms with van der Waals surface area (Å²) < 4.78 is 0. The lowest BCUT2D eigenvalue weighted by Crippen LogP contribution is -2.41. The fourth-order valence-electron chi connectivity index (χ4n) is 5.69. The highest BCUT2D eigenvalue weighted by Gasteiger charge is 2.28. The van der Waals surface area contributed by atoms with Crippen LogP contribution in [0.1, 0.15) is 67.3 Å². The number of benzene rings is 1. The zero-order valence-corrected chi connectivity index (χ0v) is 18.1. The van der Waals surface area contributed by atoms with Gasteiger partial charge in [0.15, 0.2) is 0 Å². The summed E-state index contributed by atoms with van der Waals surface area (Å²) >= 11 is 0. The molecule has 1 amide bonds. The molecule has 4 heteroatoms. The number of fused-ring (bicyclic) bond motifs is 2. The average Bonchev–Trinajstić information content (AvgIpc) is 3.18. The van der Waals surface area contributed by atoms with Crippen LogP contribution < -0.4 is 5.32 Å². The van der Waals surface area contributed by atoms with Crippen molar-refractivity contribution in [1.29, 1.82) is 5.26 Å². The van der Waals surface area contributed by atoms with Crippen molar-refractivity contribution >= 4 is 5.91 Å². The van der Waals surface area contributed by atoms with E-state index in [1.54, 1.807) is 32.7 Å². The number of likely N-dealkylation sites (tertiary alicyclic amines) is 1. The van der Waals surface area contributed by atoms with Crippen LogP contribution in [-0.2, 0) is 36.9 Å². The molecule has 0 spiro atoms. The van der Waals surface area contributed by atoms with Gasteiger partial charge in [-0.1, -0.05) is 19.9 Å². The summed E-state index contributed by atoms with van der Waals surface area (Å²) in [7, 11) is 0. The summed E-state index contributed by atoms with van der Waals surface area (Å²) in [6.45, 7) is 6.68. The maximum Gasteiger partial charge on any atom is 0.237 e. The molecular weight excluding hydrogens is 358 g/mol. The predicted molar refractivity (Wildman–Crippen MR) is 116 cm³/mol. The Labute approximate surface area is 175 Å². The number of amides is 1. The van der Waals surface area contributed by atoms with E-state index in [9.17, 15) is 10.1 Å². The van der Waals surface area contributed by atoms with Crippen molar-refractivity contribution in [1.82, 2.24) is 10.2 Å². The third-order valence-corrected chi connectivity index (χ3v) is 7.31. The predicted octanol–water partition coefficient (Wildman–Crippen LogP) is 3.58. The van der Waals surface area contributed by atoms with Crippen molar-refractivity contribution in [3.63, 3.8) is 0 Å². The quantitative estimate of drug-likeness (QED) is 0.778. The molecule has 156 valence electrons. The molecule has 1 aliphatic heterocycles. The summed E-state index contributed by atoms with van der Waals surface area (Å²) in [5, 5.41) is 12.6. The Balaban J connectivity index is 1.43. The van der Waals surface area contributed by atoms with E-state index in [0.29, 0.717) is 6.54 Å². The van der Waals surface area contributed by atoms with Gasteiger partial charge in [-0.25, -0.2) is 0 Å². The maximum absolute atomic E-state index is 12.5. The van der Waals surface area contributed by atoms with Gasteiger partial charge in [0.2, 0.25) is 5.91 Å². The van der Waals surface area contributed by atoms with Crippen LogP contribution in [0.5, 0.6) is 0 Å². The fourth-order valence-corrected chi connectivity index (χ4v) is 5.69. The topological polar surface area (TPSA) is 56.1 Å². The van der Waals surface area contributed by atoms with E-state index in [4.69, 9.17) is 0 Å². The summed E-state index contributed by atoms with van der Waals surface area (Å²) in [6.07, 6.45) is 10.3. The first kappa shape index (κ1) is 20.4. The summed E-state index contributed by atoms with van der Waals surface area (Å²) in [5.74, 6) is 1.66. The van der Waals surface area contributed by atoms with Crippen molar-refractivity contribution in [3.8, 4) is 6.07 Å². The van der Waals surface area contributed by atoms with Crippen molar-refractivity contribution in [3.05, 3.63) is 33.9 Å². The Kier molecular flexibility index (Phi) is 6.25. The second kappa shape index (κ2) is 8.88. The summed E-state index contributed by atoms with van der Waals surface area (Å²) in [4.78, 5) is 14.2. The molecule has 29 heavy (non-hydrogen) atoms. The molecule has 2 aliphatic carbocycles. The molecule has 0 saturated carbocycles. The number of carbonyl (C=O) groups is 1. The second-order valence-electron chi connectivity index (χ2n) is 9.63. The highest BCUT2D eigenvalue weighted by molar-refractivity contribution is 5.79. The minimum Gasteiger partial charge on any atom is -0.326 e. The van der Waals surface area contributed by atoms with Crippen molar-refractivity contribution < 1.29 is 4.79 Å². The molecular formula is C25H35N3O. The molecule has 3 aliphatic rings. The van der Waals surface area contributed by atoms with Crippen molar-refractivity contribution in [2.45, 2.75) is 77.7 Å². The number of hydrogen-bond acceptors (Lipinski definition) is 3.